The van der Waals surface area contributed by atoms with Gasteiger partial charge in [-0.2, -0.15) is 0 Å². The average molecular weight is 434 g/mol. The van der Waals surface area contributed by atoms with E-state index < -0.39 is 5.82 Å². The maximum absolute atomic E-state index is 14.2. The van der Waals surface area contributed by atoms with Gasteiger partial charge in [0.1, 0.15) is 5.82 Å². The summed E-state index contributed by atoms with van der Waals surface area (Å²) in [6.45, 7) is 2.98. The van der Waals surface area contributed by atoms with E-state index in [0.717, 1.165) is 6.42 Å². The number of carbonyl (C=O) groups excluding carboxylic acids is 1. The number of benzene rings is 2. The van der Waals surface area contributed by atoms with Crippen LogP contribution in [-0.2, 0) is 13.1 Å². The van der Waals surface area contributed by atoms with Crippen LogP contribution < -0.4 is 5.32 Å². The largest absolute Gasteiger partial charge is 0.306 e. The van der Waals surface area contributed by atoms with Gasteiger partial charge >= 0.3 is 0 Å². The van der Waals surface area contributed by atoms with Gasteiger partial charge in [-0.05, 0) is 38.7 Å². The molecule has 0 saturated carbocycles. The first kappa shape index (κ1) is 23.3. The van der Waals surface area contributed by atoms with Crippen LogP contribution in [0.2, 0.25) is 0 Å². The summed E-state index contributed by atoms with van der Waals surface area (Å²) in [4.78, 5) is 15.3. The van der Waals surface area contributed by atoms with Crippen molar-refractivity contribution in [3.63, 3.8) is 0 Å². The molecule has 6 nitrogen and oxygen atoms in total. The van der Waals surface area contributed by atoms with E-state index in [0.29, 0.717) is 42.4 Å². The van der Waals surface area contributed by atoms with E-state index >= 15 is 0 Å². The van der Waals surface area contributed by atoms with Gasteiger partial charge in [0.25, 0.3) is 0 Å². The van der Waals surface area contributed by atoms with Crippen LogP contribution in [-0.4, -0.2) is 45.6 Å². The van der Waals surface area contributed by atoms with Crippen molar-refractivity contribution in [3.05, 3.63) is 77.1 Å². The lowest BCUT2D eigenvalue weighted by Crippen LogP contribution is -2.29. The molecule has 1 unspecified atom stereocenters. The lowest BCUT2D eigenvalue weighted by Gasteiger charge is -2.18. The van der Waals surface area contributed by atoms with Gasteiger partial charge in [0.2, 0.25) is 0 Å². The van der Waals surface area contributed by atoms with Gasteiger partial charge in [-0.3, -0.25) is 9.36 Å². The zero-order valence-electron chi connectivity index (χ0n) is 18.7. The summed E-state index contributed by atoms with van der Waals surface area (Å²) in [5.41, 5.74) is 1.29. The topological polar surface area (TPSA) is 63.1 Å². The Bertz CT molecular complexity index is 1100. The smallest absolute Gasteiger partial charge is 0.195 e. The van der Waals surface area contributed by atoms with Crippen molar-refractivity contribution in [1.29, 1.82) is 0 Å². The third kappa shape index (κ3) is 5.47. The Hall–Kier alpha value is -3.34. The van der Waals surface area contributed by atoms with Crippen LogP contribution in [0, 0.1) is 18.2 Å². The van der Waals surface area contributed by atoms with E-state index in [1.54, 1.807) is 30.3 Å². The van der Waals surface area contributed by atoms with Gasteiger partial charge in [0, 0.05) is 23.6 Å². The summed E-state index contributed by atoms with van der Waals surface area (Å²) < 4.78 is 16.1. The molecule has 2 aromatic carbocycles. The molecule has 166 valence electrons. The molecule has 7 heteroatoms. The molecule has 0 aliphatic heterocycles. The lowest BCUT2D eigenvalue weighted by atomic mass is 10.0. The standard InChI is InChI=1S/C25H28FN5O/c1-5-10-20(6-2)27-16-23-28-29-24(17-30(3)4)31(23)22-14-13-19(26)15-21(22)25(32)18-11-8-7-9-12-18/h1,7-9,11-15,20,27H,6,10,16-17H2,2-4H3. The van der Waals surface area contributed by atoms with Gasteiger partial charge in [-0.1, -0.05) is 37.3 Å². The zero-order valence-corrected chi connectivity index (χ0v) is 18.7. The predicted octanol–water partition coefficient (Wildman–Crippen LogP) is 3.59. The summed E-state index contributed by atoms with van der Waals surface area (Å²) >= 11 is 0. The lowest BCUT2D eigenvalue weighted by molar-refractivity contribution is 0.103. The van der Waals surface area contributed by atoms with E-state index in [1.165, 1.54) is 12.1 Å². The molecule has 3 aromatic rings. The summed E-state index contributed by atoms with van der Waals surface area (Å²) in [6, 6.07) is 13.2. The van der Waals surface area contributed by atoms with Crippen molar-refractivity contribution in [2.45, 2.75) is 38.9 Å². The molecule has 0 amide bonds. The number of hydrogen-bond acceptors (Lipinski definition) is 5. The van der Waals surface area contributed by atoms with Gasteiger partial charge in [-0.15, -0.1) is 22.5 Å². The van der Waals surface area contributed by atoms with E-state index in [4.69, 9.17) is 6.42 Å². The second kappa shape index (κ2) is 10.8. The summed E-state index contributed by atoms with van der Waals surface area (Å²) in [7, 11) is 3.86. The first-order valence-electron chi connectivity index (χ1n) is 10.6. The number of nitrogens with one attached hydrogen (secondary N) is 1. The Morgan fingerprint density at radius 1 is 1.19 bits per heavy atom. The van der Waals surface area contributed by atoms with Gasteiger partial charge in [-0.25, -0.2) is 4.39 Å². The molecule has 32 heavy (non-hydrogen) atoms. The van der Waals surface area contributed by atoms with Crippen LogP contribution >= 0.6 is 0 Å². The fraction of sp³-hybridized carbons (Fsp3) is 0.320. The maximum atomic E-state index is 14.2. The van der Waals surface area contributed by atoms with Crippen molar-refractivity contribution in [1.82, 2.24) is 25.0 Å². The number of ketones is 1. The van der Waals surface area contributed by atoms with Crippen LogP contribution in [0.15, 0.2) is 48.5 Å². The second-order valence-electron chi connectivity index (χ2n) is 7.86. The predicted molar refractivity (Wildman–Crippen MR) is 123 cm³/mol. The molecule has 0 radical (unpaired) electrons. The Balaban J connectivity index is 2.08. The summed E-state index contributed by atoms with van der Waals surface area (Å²) in [5.74, 6) is 3.23. The molecule has 0 spiro atoms. The first-order chi connectivity index (χ1) is 15.4. The van der Waals surface area contributed by atoms with Crippen molar-refractivity contribution in [2.24, 2.45) is 0 Å². The third-order valence-corrected chi connectivity index (χ3v) is 5.14. The zero-order chi connectivity index (χ0) is 23.1. The number of hydrogen-bond donors (Lipinski definition) is 1. The normalized spacial score (nSPS) is 12.0. The minimum atomic E-state index is -0.477. The highest BCUT2D eigenvalue weighted by Crippen LogP contribution is 2.23. The molecule has 1 aromatic heterocycles. The maximum Gasteiger partial charge on any atom is 0.195 e. The number of rotatable bonds is 10. The number of nitrogens with zero attached hydrogens (tertiary/aromatic N) is 4. The second-order valence-corrected chi connectivity index (χ2v) is 7.86. The molecule has 0 saturated heterocycles. The number of aromatic nitrogens is 3. The SMILES string of the molecule is C#CCC(CC)NCc1nnc(CN(C)C)n1-c1ccc(F)cc1C(=O)c1ccccc1. The molecule has 1 heterocycles. The highest BCUT2D eigenvalue weighted by molar-refractivity contribution is 6.11. The summed E-state index contributed by atoms with van der Waals surface area (Å²) in [6.07, 6.45) is 6.95. The quantitative estimate of drug-likeness (QED) is 0.391. The Labute approximate surface area is 188 Å². The van der Waals surface area contributed by atoms with Gasteiger partial charge < -0.3 is 10.2 Å². The van der Waals surface area contributed by atoms with Crippen molar-refractivity contribution < 1.29 is 9.18 Å². The molecule has 3 rings (SSSR count). The van der Waals surface area contributed by atoms with E-state index in [9.17, 15) is 9.18 Å². The molecule has 0 bridgehead atoms. The van der Waals surface area contributed by atoms with Crippen LogP contribution in [0.25, 0.3) is 5.69 Å². The highest BCUT2D eigenvalue weighted by atomic mass is 19.1. The van der Waals surface area contributed by atoms with Crippen LogP contribution in [0.3, 0.4) is 0 Å². The van der Waals surface area contributed by atoms with Crippen molar-refractivity contribution in [2.75, 3.05) is 14.1 Å². The van der Waals surface area contributed by atoms with Crippen LogP contribution in [0.4, 0.5) is 4.39 Å². The molecular weight excluding hydrogens is 405 g/mol. The number of halogens is 1. The Kier molecular flexibility index (Phi) is 7.87. The minimum Gasteiger partial charge on any atom is -0.306 e. The van der Waals surface area contributed by atoms with E-state index in [-0.39, 0.29) is 17.4 Å². The van der Waals surface area contributed by atoms with Gasteiger partial charge in [0.15, 0.2) is 17.4 Å². The third-order valence-electron chi connectivity index (χ3n) is 5.14. The van der Waals surface area contributed by atoms with Crippen molar-refractivity contribution >= 4 is 5.78 Å². The fourth-order valence-electron chi connectivity index (χ4n) is 3.50. The first-order valence-corrected chi connectivity index (χ1v) is 10.6. The Morgan fingerprint density at radius 2 is 1.91 bits per heavy atom. The Morgan fingerprint density at radius 3 is 2.56 bits per heavy atom. The van der Waals surface area contributed by atoms with Crippen LogP contribution in [0.5, 0.6) is 0 Å². The molecular formula is C25H28FN5O. The van der Waals surface area contributed by atoms with Gasteiger partial charge in [0.05, 0.1) is 18.8 Å². The van der Waals surface area contributed by atoms with Crippen LogP contribution in [0.1, 0.15) is 47.3 Å². The monoisotopic (exact) mass is 433 g/mol. The summed E-state index contributed by atoms with van der Waals surface area (Å²) in [5, 5.41) is 12.2. The molecule has 1 atom stereocenters. The fourth-order valence-corrected chi connectivity index (χ4v) is 3.50. The highest BCUT2D eigenvalue weighted by Gasteiger charge is 2.22. The molecule has 0 fully saturated rings. The minimum absolute atomic E-state index is 0.140. The van der Waals surface area contributed by atoms with E-state index in [2.05, 4.69) is 28.4 Å². The molecule has 0 aliphatic carbocycles. The number of terminal acetylenes is 1. The average Bonchev–Trinajstić information content (AvgIpc) is 3.18. The van der Waals surface area contributed by atoms with Crippen molar-refractivity contribution in [3.8, 4) is 18.0 Å². The number of carbonyl (C=O) groups is 1. The van der Waals surface area contributed by atoms with E-state index in [1.807, 2.05) is 29.6 Å². The molecule has 1 N–H and O–H groups in total. The molecule has 0 aliphatic rings.